The van der Waals surface area contributed by atoms with Crippen LogP contribution in [0.3, 0.4) is 0 Å². The van der Waals surface area contributed by atoms with Gasteiger partial charge in [0.25, 0.3) is 11.8 Å². The minimum absolute atomic E-state index is 0.236. The van der Waals surface area contributed by atoms with Crippen LogP contribution in [-0.2, 0) is 6.54 Å². The van der Waals surface area contributed by atoms with Gasteiger partial charge in [-0.05, 0) is 13.8 Å². The molecule has 0 fully saturated rings. The largest absolute Gasteiger partial charge is 0.503 e. The minimum atomic E-state index is -1.19. The number of hydrogen-bond donors (Lipinski definition) is 2. The molecule has 0 aliphatic carbocycles. The summed E-state index contributed by atoms with van der Waals surface area (Å²) >= 11 is 0. The van der Waals surface area contributed by atoms with Crippen molar-refractivity contribution in [2.75, 3.05) is 13.1 Å². The highest BCUT2D eigenvalue weighted by molar-refractivity contribution is 5.99. The zero-order valence-corrected chi connectivity index (χ0v) is 16.8. The van der Waals surface area contributed by atoms with Crippen molar-refractivity contribution in [2.45, 2.75) is 26.4 Å². The summed E-state index contributed by atoms with van der Waals surface area (Å²) in [5.74, 6) is -5.94. The maximum absolute atomic E-state index is 13.8. The van der Waals surface area contributed by atoms with E-state index in [9.17, 15) is 32.7 Å². The molecule has 1 aliphatic heterocycles. The van der Waals surface area contributed by atoms with E-state index in [0.717, 1.165) is 6.20 Å². The lowest BCUT2D eigenvalue weighted by atomic mass is 10.1. The number of aromatic hydroxyl groups is 1. The molecule has 2 heterocycles. The lowest BCUT2D eigenvalue weighted by molar-refractivity contribution is 0.0688. The summed E-state index contributed by atoms with van der Waals surface area (Å²) in [4.78, 5) is 39.2. The van der Waals surface area contributed by atoms with Gasteiger partial charge in [0, 0.05) is 49.6 Å². The van der Waals surface area contributed by atoms with Crippen LogP contribution in [0.2, 0.25) is 0 Å². The molecule has 10 heteroatoms. The van der Waals surface area contributed by atoms with Crippen LogP contribution >= 0.6 is 0 Å². The lowest BCUT2D eigenvalue weighted by Gasteiger charge is -2.34. The molecular weight excluding hydrogens is 415 g/mol. The van der Waals surface area contributed by atoms with E-state index in [1.807, 2.05) is 0 Å². The van der Waals surface area contributed by atoms with Crippen molar-refractivity contribution in [3.8, 4) is 5.75 Å². The summed E-state index contributed by atoms with van der Waals surface area (Å²) in [5, 5.41) is 12.6. The fraction of sp³-hybridized carbons (Fsp3) is 0.286. The predicted molar refractivity (Wildman–Crippen MR) is 105 cm³/mol. The Morgan fingerprint density at radius 1 is 1.26 bits per heavy atom. The molecule has 0 bridgehead atoms. The second-order valence-electron chi connectivity index (χ2n) is 7.14. The number of halogens is 3. The number of benzene rings is 1. The summed E-state index contributed by atoms with van der Waals surface area (Å²) in [6, 6.07) is 0.580. The Bertz CT molecular complexity index is 1120. The number of nitrogens with zero attached hydrogens (tertiary/aromatic N) is 2. The van der Waals surface area contributed by atoms with Crippen molar-refractivity contribution in [3.05, 3.63) is 75.0 Å². The van der Waals surface area contributed by atoms with Gasteiger partial charge in [0.2, 0.25) is 5.43 Å². The molecule has 7 nitrogen and oxygen atoms in total. The molecular formula is C21H20F3N3O4. The van der Waals surface area contributed by atoms with Gasteiger partial charge in [0.1, 0.15) is 23.0 Å². The molecule has 1 unspecified atom stereocenters. The second-order valence-corrected chi connectivity index (χ2v) is 7.14. The predicted octanol–water partition coefficient (Wildman–Crippen LogP) is 2.49. The fourth-order valence-electron chi connectivity index (χ4n) is 3.38. The molecule has 0 radical (unpaired) electrons. The summed E-state index contributed by atoms with van der Waals surface area (Å²) in [5.41, 5.74) is -2.40. The minimum Gasteiger partial charge on any atom is -0.503 e. The van der Waals surface area contributed by atoms with E-state index in [2.05, 4.69) is 5.32 Å². The van der Waals surface area contributed by atoms with Gasteiger partial charge in [0.15, 0.2) is 11.4 Å². The zero-order valence-electron chi connectivity index (χ0n) is 16.8. The Morgan fingerprint density at radius 3 is 2.52 bits per heavy atom. The first-order valence-corrected chi connectivity index (χ1v) is 9.45. The maximum Gasteiger partial charge on any atom is 0.274 e. The van der Waals surface area contributed by atoms with Gasteiger partial charge in [-0.25, -0.2) is 13.2 Å². The van der Waals surface area contributed by atoms with Gasteiger partial charge in [-0.3, -0.25) is 14.4 Å². The number of aromatic nitrogens is 1. The van der Waals surface area contributed by atoms with Crippen LogP contribution in [0.5, 0.6) is 5.75 Å². The quantitative estimate of drug-likeness (QED) is 0.706. The standard InChI is InChI=1S/C21H20F3N3O4/c1-3-4-5-26-9-11(2)27-10-14(18(28)19(29)17(27)21(26)31)20(30)25-8-13-15(23)6-12(22)7-16(13)24/h3-4,6-7,10-11,29H,5,8-9H2,1-2H3,(H,25,30)/b4-3-. The average Bonchev–Trinajstić information content (AvgIpc) is 2.70. The van der Waals surface area contributed by atoms with E-state index in [-0.39, 0.29) is 18.3 Å². The molecule has 1 atom stereocenters. The van der Waals surface area contributed by atoms with E-state index >= 15 is 0 Å². The van der Waals surface area contributed by atoms with E-state index in [0.29, 0.717) is 18.7 Å². The Labute approximate surface area is 175 Å². The monoisotopic (exact) mass is 435 g/mol. The Hall–Kier alpha value is -3.56. The highest BCUT2D eigenvalue weighted by Gasteiger charge is 2.33. The van der Waals surface area contributed by atoms with Crippen molar-refractivity contribution in [1.82, 2.24) is 14.8 Å². The van der Waals surface area contributed by atoms with Gasteiger partial charge in [-0.15, -0.1) is 0 Å². The highest BCUT2D eigenvalue weighted by atomic mass is 19.1. The summed E-state index contributed by atoms with van der Waals surface area (Å²) < 4.78 is 41.9. The molecule has 0 saturated heterocycles. The fourth-order valence-corrected chi connectivity index (χ4v) is 3.38. The molecule has 1 aliphatic rings. The zero-order chi connectivity index (χ0) is 22.9. The first-order chi connectivity index (χ1) is 14.6. The van der Waals surface area contributed by atoms with E-state index < -0.39 is 58.1 Å². The number of amides is 2. The number of carbonyl (C=O) groups excluding carboxylic acids is 2. The molecule has 164 valence electrons. The summed E-state index contributed by atoms with van der Waals surface area (Å²) in [7, 11) is 0. The van der Waals surface area contributed by atoms with Crippen molar-refractivity contribution in [2.24, 2.45) is 0 Å². The Morgan fingerprint density at radius 2 is 1.90 bits per heavy atom. The SMILES string of the molecule is C/C=C\CN1CC(C)n2cc(C(=O)NCc3c(F)cc(F)cc3F)c(=O)c(O)c2C1=O. The maximum atomic E-state index is 13.8. The number of allylic oxidation sites excluding steroid dienone is 1. The molecule has 0 spiro atoms. The smallest absolute Gasteiger partial charge is 0.274 e. The van der Waals surface area contributed by atoms with Crippen LogP contribution in [-0.4, -0.2) is 39.5 Å². The molecule has 2 amide bonds. The van der Waals surface area contributed by atoms with Crippen LogP contribution in [0.4, 0.5) is 13.2 Å². The van der Waals surface area contributed by atoms with Crippen molar-refractivity contribution >= 4 is 11.8 Å². The normalized spacial score (nSPS) is 16.0. The second kappa shape index (κ2) is 8.66. The summed E-state index contributed by atoms with van der Waals surface area (Å²) in [6.45, 7) is 3.47. The van der Waals surface area contributed by atoms with E-state index in [4.69, 9.17) is 0 Å². The van der Waals surface area contributed by atoms with Crippen molar-refractivity contribution in [3.63, 3.8) is 0 Å². The lowest BCUT2D eigenvalue weighted by Crippen LogP contribution is -2.44. The van der Waals surface area contributed by atoms with Crippen LogP contribution in [0, 0.1) is 17.5 Å². The van der Waals surface area contributed by atoms with Crippen molar-refractivity contribution in [1.29, 1.82) is 0 Å². The van der Waals surface area contributed by atoms with Gasteiger partial charge in [-0.1, -0.05) is 12.2 Å². The number of rotatable bonds is 5. The topological polar surface area (TPSA) is 91.6 Å². The molecule has 1 aromatic heterocycles. The van der Waals surface area contributed by atoms with Crippen LogP contribution in [0.1, 0.15) is 46.3 Å². The van der Waals surface area contributed by atoms with Crippen LogP contribution < -0.4 is 10.7 Å². The van der Waals surface area contributed by atoms with E-state index in [1.54, 1.807) is 26.0 Å². The van der Waals surface area contributed by atoms with E-state index in [1.165, 1.54) is 9.47 Å². The third kappa shape index (κ3) is 4.18. The third-order valence-corrected chi connectivity index (χ3v) is 5.00. The number of fused-ring (bicyclic) bond motifs is 1. The first-order valence-electron chi connectivity index (χ1n) is 9.45. The molecule has 3 rings (SSSR count). The molecule has 1 aromatic carbocycles. The number of pyridine rings is 1. The third-order valence-electron chi connectivity index (χ3n) is 5.00. The van der Waals surface area contributed by atoms with Gasteiger partial charge in [-0.2, -0.15) is 0 Å². The highest BCUT2D eigenvalue weighted by Crippen LogP contribution is 2.26. The number of nitrogens with one attached hydrogen (secondary N) is 1. The number of carbonyl (C=O) groups is 2. The average molecular weight is 435 g/mol. The molecule has 2 N–H and O–H groups in total. The molecule has 2 aromatic rings. The Kier molecular flexibility index (Phi) is 6.19. The van der Waals surface area contributed by atoms with Crippen LogP contribution in [0.25, 0.3) is 0 Å². The van der Waals surface area contributed by atoms with Gasteiger partial charge in [0.05, 0.1) is 0 Å². The van der Waals surface area contributed by atoms with Crippen LogP contribution in [0.15, 0.2) is 35.3 Å². The van der Waals surface area contributed by atoms with Gasteiger partial charge >= 0.3 is 0 Å². The Balaban J connectivity index is 1.91. The molecule has 31 heavy (non-hydrogen) atoms. The molecule has 0 saturated carbocycles. The van der Waals surface area contributed by atoms with Crippen molar-refractivity contribution < 1.29 is 27.9 Å². The van der Waals surface area contributed by atoms with Gasteiger partial charge < -0.3 is 19.9 Å². The number of hydrogen-bond acceptors (Lipinski definition) is 4. The summed E-state index contributed by atoms with van der Waals surface area (Å²) in [6.07, 6.45) is 4.66. The first kappa shape index (κ1) is 22.1.